The fraction of sp³-hybridized carbons (Fsp3) is 0.750. The van der Waals surface area contributed by atoms with Gasteiger partial charge in [0.2, 0.25) is 5.91 Å². The molecule has 1 aliphatic rings. The zero-order chi connectivity index (χ0) is 15.1. The van der Waals surface area contributed by atoms with Gasteiger partial charge in [-0.1, -0.05) is 0 Å². The molecule has 1 heterocycles. The Morgan fingerprint density at radius 1 is 1.30 bits per heavy atom. The van der Waals surface area contributed by atoms with E-state index in [0.717, 1.165) is 0 Å². The second-order valence-electron chi connectivity index (χ2n) is 4.84. The number of carboxylic acid groups (broad SMARTS) is 1. The Balaban J connectivity index is 2.22. The summed E-state index contributed by atoms with van der Waals surface area (Å²) in [5.41, 5.74) is 0. The molecule has 0 saturated carbocycles. The highest BCUT2D eigenvalue weighted by atomic mass is 16.4. The first-order valence-corrected chi connectivity index (χ1v) is 6.61. The zero-order valence-corrected chi connectivity index (χ0v) is 11.5. The number of piperidine rings is 1. The minimum absolute atomic E-state index is 0.0244. The molecule has 114 valence electrons. The number of carbonyl (C=O) groups is 3. The normalized spacial score (nSPS) is 17.4. The number of likely N-dealkylation sites (tertiary alicyclic amines) is 1. The number of amides is 3. The third-order valence-corrected chi connectivity index (χ3v) is 3.17. The fourth-order valence-electron chi connectivity index (χ4n) is 2.07. The van der Waals surface area contributed by atoms with Crippen LogP contribution in [0.1, 0.15) is 26.2 Å². The second-order valence-corrected chi connectivity index (χ2v) is 4.84. The zero-order valence-electron chi connectivity index (χ0n) is 11.5. The first-order chi connectivity index (χ1) is 9.40. The van der Waals surface area contributed by atoms with E-state index in [4.69, 9.17) is 10.2 Å². The average molecular weight is 287 g/mol. The van der Waals surface area contributed by atoms with Crippen LogP contribution in [0, 0.1) is 0 Å². The molecule has 8 heteroatoms. The third-order valence-electron chi connectivity index (χ3n) is 3.17. The van der Waals surface area contributed by atoms with E-state index >= 15 is 0 Å². The van der Waals surface area contributed by atoms with E-state index in [2.05, 4.69) is 10.6 Å². The Labute approximate surface area is 117 Å². The molecule has 0 bridgehead atoms. The lowest BCUT2D eigenvalue weighted by atomic mass is 10.1. The summed E-state index contributed by atoms with van der Waals surface area (Å²) < 4.78 is 0. The van der Waals surface area contributed by atoms with E-state index in [9.17, 15) is 14.4 Å². The van der Waals surface area contributed by atoms with Crippen LogP contribution in [0.15, 0.2) is 0 Å². The van der Waals surface area contributed by atoms with Crippen molar-refractivity contribution in [2.24, 2.45) is 0 Å². The number of hydrogen-bond acceptors (Lipinski definition) is 4. The molecule has 1 atom stereocenters. The molecule has 3 amide bonds. The summed E-state index contributed by atoms with van der Waals surface area (Å²) in [6, 6.07) is -0.172. The number of nitrogens with one attached hydrogen (secondary N) is 2. The Kier molecular flexibility index (Phi) is 6.23. The predicted molar refractivity (Wildman–Crippen MR) is 70.1 cm³/mol. The van der Waals surface area contributed by atoms with Gasteiger partial charge < -0.3 is 25.7 Å². The largest absolute Gasteiger partial charge is 0.479 e. The van der Waals surface area contributed by atoms with Crippen LogP contribution in [0.25, 0.3) is 0 Å². The molecule has 20 heavy (non-hydrogen) atoms. The Bertz CT molecular complexity index is 366. The first kappa shape index (κ1) is 16.2. The molecule has 1 aliphatic heterocycles. The number of hydrogen-bond donors (Lipinski definition) is 4. The summed E-state index contributed by atoms with van der Waals surface area (Å²) in [5, 5.41) is 22.9. The van der Waals surface area contributed by atoms with Crippen LogP contribution in [0.5, 0.6) is 0 Å². The van der Waals surface area contributed by atoms with Gasteiger partial charge in [-0.05, 0) is 12.8 Å². The number of aliphatic carboxylic acids is 1. The first-order valence-electron chi connectivity index (χ1n) is 6.61. The standard InChI is InChI=1S/C12H21N3O5/c1-8(16)14-9-3-6-15(7-4-9)12(20)13-5-2-10(17)11(18)19/h9-10,17H,2-7H2,1H3,(H,13,20)(H,14,16)(H,18,19)/t10-/m0/s1. The quantitative estimate of drug-likeness (QED) is 0.524. The number of aliphatic hydroxyl groups is 1. The molecular formula is C12H21N3O5. The minimum Gasteiger partial charge on any atom is -0.479 e. The summed E-state index contributed by atoms with van der Waals surface area (Å²) in [7, 11) is 0. The number of carbonyl (C=O) groups excluding carboxylic acids is 2. The van der Waals surface area contributed by atoms with Crippen LogP contribution in [-0.4, -0.2) is 64.8 Å². The Morgan fingerprint density at radius 2 is 1.90 bits per heavy atom. The van der Waals surface area contributed by atoms with Gasteiger partial charge in [-0.25, -0.2) is 9.59 Å². The molecule has 0 aromatic carbocycles. The molecule has 8 nitrogen and oxygen atoms in total. The van der Waals surface area contributed by atoms with Crippen molar-refractivity contribution >= 4 is 17.9 Å². The predicted octanol–water partition coefficient (Wildman–Crippen LogP) is -0.868. The highest BCUT2D eigenvalue weighted by Gasteiger charge is 2.23. The van der Waals surface area contributed by atoms with E-state index < -0.39 is 12.1 Å². The topological polar surface area (TPSA) is 119 Å². The van der Waals surface area contributed by atoms with Crippen molar-refractivity contribution in [2.75, 3.05) is 19.6 Å². The molecular weight excluding hydrogens is 266 g/mol. The van der Waals surface area contributed by atoms with Gasteiger partial charge in [0.1, 0.15) is 0 Å². The van der Waals surface area contributed by atoms with Crippen LogP contribution in [0.3, 0.4) is 0 Å². The summed E-state index contributed by atoms with van der Waals surface area (Å²) in [6.07, 6.45) is -0.0836. The summed E-state index contributed by atoms with van der Waals surface area (Å²) in [5.74, 6) is -1.37. The maximum atomic E-state index is 11.8. The monoisotopic (exact) mass is 287 g/mol. The molecule has 0 aromatic rings. The summed E-state index contributed by atoms with van der Waals surface area (Å²) in [4.78, 5) is 34.7. The van der Waals surface area contributed by atoms with Gasteiger partial charge >= 0.3 is 12.0 Å². The molecule has 0 radical (unpaired) electrons. The van der Waals surface area contributed by atoms with Crippen LogP contribution in [0.4, 0.5) is 4.79 Å². The maximum Gasteiger partial charge on any atom is 0.332 e. The van der Waals surface area contributed by atoms with Crippen LogP contribution < -0.4 is 10.6 Å². The van der Waals surface area contributed by atoms with Gasteiger partial charge in [0, 0.05) is 39.0 Å². The van der Waals surface area contributed by atoms with Gasteiger partial charge in [0.05, 0.1) is 0 Å². The SMILES string of the molecule is CC(=O)NC1CCN(C(=O)NCC[C@H](O)C(=O)O)CC1. The van der Waals surface area contributed by atoms with Gasteiger partial charge in [-0.3, -0.25) is 4.79 Å². The molecule has 1 fully saturated rings. The Morgan fingerprint density at radius 3 is 2.40 bits per heavy atom. The third kappa shape index (κ3) is 5.43. The highest BCUT2D eigenvalue weighted by Crippen LogP contribution is 2.10. The molecule has 4 N–H and O–H groups in total. The van der Waals surface area contributed by atoms with Crippen molar-refractivity contribution < 1.29 is 24.6 Å². The summed E-state index contributed by atoms with van der Waals surface area (Å²) >= 11 is 0. The molecule has 0 aliphatic carbocycles. The molecule has 1 rings (SSSR count). The number of nitrogens with zero attached hydrogens (tertiary/aromatic N) is 1. The van der Waals surface area contributed by atoms with Gasteiger partial charge in [0.15, 0.2) is 6.10 Å². The fourth-order valence-corrected chi connectivity index (χ4v) is 2.07. The van der Waals surface area contributed by atoms with E-state index in [1.165, 1.54) is 6.92 Å². The maximum absolute atomic E-state index is 11.8. The molecule has 0 spiro atoms. The van der Waals surface area contributed by atoms with Crippen molar-refractivity contribution in [1.82, 2.24) is 15.5 Å². The van der Waals surface area contributed by atoms with Gasteiger partial charge in [-0.2, -0.15) is 0 Å². The highest BCUT2D eigenvalue weighted by molar-refractivity contribution is 5.75. The molecule has 0 unspecified atom stereocenters. The second kappa shape index (κ2) is 7.68. The van der Waals surface area contributed by atoms with E-state index in [1.54, 1.807) is 4.90 Å². The van der Waals surface area contributed by atoms with E-state index in [0.29, 0.717) is 25.9 Å². The number of urea groups is 1. The molecule has 0 aromatic heterocycles. The van der Waals surface area contributed by atoms with E-state index in [-0.39, 0.29) is 30.9 Å². The lowest BCUT2D eigenvalue weighted by molar-refractivity contribution is -0.146. The minimum atomic E-state index is -1.46. The average Bonchev–Trinajstić information content (AvgIpc) is 2.38. The van der Waals surface area contributed by atoms with Crippen LogP contribution in [0.2, 0.25) is 0 Å². The van der Waals surface area contributed by atoms with Crippen LogP contribution in [-0.2, 0) is 9.59 Å². The van der Waals surface area contributed by atoms with Crippen molar-refractivity contribution in [3.63, 3.8) is 0 Å². The van der Waals surface area contributed by atoms with Gasteiger partial charge in [0.25, 0.3) is 0 Å². The molecule has 1 saturated heterocycles. The van der Waals surface area contributed by atoms with Crippen molar-refractivity contribution in [2.45, 2.75) is 38.3 Å². The smallest absolute Gasteiger partial charge is 0.332 e. The van der Waals surface area contributed by atoms with E-state index in [1.807, 2.05) is 0 Å². The summed E-state index contributed by atoms with van der Waals surface area (Å²) in [6.45, 7) is 2.65. The lowest BCUT2D eigenvalue weighted by Gasteiger charge is -2.32. The van der Waals surface area contributed by atoms with Crippen molar-refractivity contribution in [1.29, 1.82) is 0 Å². The Hall–Kier alpha value is -1.83. The van der Waals surface area contributed by atoms with Gasteiger partial charge in [-0.15, -0.1) is 0 Å². The number of rotatable bonds is 5. The van der Waals surface area contributed by atoms with Crippen molar-refractivity contribution in [3.8, 4) is 0 Å². The van der Waals surface area contributed by atoms with Crippen LogP contribution >= 0.6 is 0 Å². The number of carboxylic acids is 1. The van der Waals surface area contributed by atoms with Crippen molar-refractivity contribution in [3.05, 3.63) is 0 Å². The lowest BCUT2D eigenvalue weighted by Crippen LogP contribution is -2.49. The number of aliphatic hydroxyl groups excluding tert-OH is 1.